The average molecular weight is 473 g/mol. The van der Waals surface area contributed by atoms with Crippen LogP contribution in [0.4, 0.5) is 11.4 Å². The highest BCUT2D eigenvalue weighted by molar-refractivity contribution is 6.35. The monoisotopic (exact) mass is 472 g/mol. The second-order valence-electron chi connectivity index (χ2n) is 8.92. The van der Waals surface area contributed by atoms with Gasteiger partial charge in [0.25, 0.3) is 0 Å². The van der Waals surface area contributed by atoms with Gasteiger partial charge in [-0.05, 0) is 41.7 Å². The van der Waals surface area contributed by atoms with Gasteiger partial charge in [0.05, 0.1) is 23.0 Å². The number of carboxylic acids is 1. The van der Waals surface area contributed by atoms with Crippen molar-refractivity contribution in [1.29, 1.82) is 0 Å². The van der Waals surface area contributed by atoms with Gasteiger partial charge in [-0.15, -0.1) is 0 Å². The molecule has 0 aromatic heterocycles. The molecule has 0 fully saturated rings. The Balaban J connectivity index is 2.10. The van der Waals surface area contributed by atoms with Gasteiger partial charge in [0.15, 0.2) is 5.78 Å². The van der Waals surface area contributed by atoms with Gasteiger partial charge in [-0.3, -0.25) is 14.5 Å². The maximum Gasteiger partial charge on any atom is 0.337 e. The number of carbonyl (C=O) groups excluding carboxylic acids is 2. The van der Waals surface area contributed by atoms with E-state index in [1.54, 1.807) is 30.3 Å². The number of para-hydroxylation sites is 1. The fraction of sp³-hybridized carbons (Fsp3) is 0.292. The molecule has 0 radical (unpaired) electrons. The average Bonchev–Trinajstić information content (AvgIpc) is 2.80. The molecule has 0 saturated carbocycles. The number of carboxylic acid groups (broad SMARTS) is 1. The summed E-state index contributed by atoms with van der Waals surface area (Å²) in [6.45, 7) is 5.35. The minimum Gasteiger partial charge on any atom is -0.478 e. The maximum absolute atomic E-state index is 13.5. The highest BCUT2D eigenvalue weighted by atomic mass is 35.5. The van der Waals surface area contributed by atoms with Gasteiger partial charge in [0.1, 0.15) is 0 Å². The largest absolute Gasteiger partial charge is 0.478 e. The number of hydrogen-bond donors (Lipinski definition) is 2. The number of carbonyl (C=O) groups is 3. The second-order valence-corrected chi connectivity index (χ2v) is 9.77. The van der Waals surface area contributed by atoms with Crippen LogP contribution < -0.4 is 10.2 Å². The van der Waals surface area contributed by atoms with Crippen molar-refractivity contribution in [3.8, 4) is 0 Å². The Morgan fingerprint density at radius 2 is 1.88 bits per heavy atom. The van der Waals surface area contributed by atoms with E-state index in [4.69, 9.17) is 23.2 Å². The Labute approximate surface area is 195 Å². The Kier molecular flexibility index (Phi) is 5.55. The van der Waals surface area contributed by atoms with Gasteiger partial charge in [-0.2, -0.15) is 0 Å². The number of hydrogen-bond acceptors (Lipinski definition) is 4. The highest BCUT2D eigenvalue weighted by Gasteiger charge is 2.44. The molecule has 0 bridgehead atoms. The van der Waals surface area contributed by atoms with E-state index in [1.807, 2.05) is 13.8 Å². The number of rotatable bonds is 2. The number of nitrogens with zero attached hydrogens (tertiary/aromatic N) is 1. The first-order valence-corrected chi connectivity index (χ1v) is 10.9. The first kappa shape index (κ1) is 22.4. The van der Waals surface area contributed by atoms with Crippen LogP contribution in [0, 0.1) is 5.41 Å². The van der Waals surface area contributed by atoms with Crippen LogP contribution in [0.5, 0.6) is 0 Å². The van der Waals surface area contributed by atoms with Crippen LogP contribution in [-0.2, 0) is 9.59 Å². The molecule has 1 atom stereocenters. The van der Waals surface area contributed by atoms with Gasteiger partial charge in [-0.25, -0.2) is 4.79 Å². The number of anilines is 2. The molecule has 8 heteroatoms. The quantitative estimate of drug-likeness (QED) is 0.571. The van der Waals surface area contributed by atoms with Gasteiger partial charge >= 0.3 is 5.97 Å². The Bertz CT molecular complexity index is 1200. The van der Waals surface area contributed by atoms with E-state index in [2.05, 4.69) is 5.32 Å². The fourth-order valence-corrected chi connectivity index (χ4v) is 5.13. The zero-order chi connectivity index (χ0) is 23.4. The fourth-order valence-electron chi connectivity index (χ4n) is 4.62. The summed E-state index contributed by atoms with van der Waals surface area (Å²) >= 11 is 12.7. The van der Waals surface area contributed by atoms with Crippen LogP contribution in [0.1, 0.15) is 55.6 Å². The summed E-state index contributed by atoms with van der Waals surface area (Å²) in [7, 11) is 0. The topological polar surface area (TPSA) is 86.7 Å². The lowest BCUT2D eigenvalue weighted by Crippen LogP contribution is -2.39. The van der Waals surface area contributed by atoms with E-state index in [0.717, 1.165) is 0 Å². The molecule has 1 amide bonds. The van der Waals surface area contributed by atoms with Crippen LogP contribution in [0.2, 0.25) is 10.0 Å². The number of fused-ring (bicyclic) bond motifs is 1. The van der Waals surface area contributed by atoms with E-state index in [1.165, 1.54) is 17.9 Å². The lowest BCUT2D eigenvalue weighted by molar-refractivity contribution is -0.118. The van der Waals surface area contributed by atoms with Crippen molar-refractivity contribution in [3.63, 3.8) is 0 Å². The summed E-state index contributed by atoms with van der Waals surface area (Å²) in [6.07, 6.45) is 0.849. The first-order chi connectivity index (χ1) is 15.0. The molecule has 4 rings (SSSR count). The number of amides is 1. The smallest absolute Gasteiger partial charge is 0.337 e. The Hall–Kier alpha value is -2.83. The molecule has 2 N–H and O–H groups in total. The van der Waals surface area contributed by atoms with E-state index in [9.17, 15) is 19.5 Å². The summed E-state index contributed by atoms with van der Waals surface area (Å²) in [5.41, 5.74) is 1.88. The summed E-state index contributed by atoms with van der Waals surface area (Å²) in [4.78, 5) is 40.0. The Morgan fingerprint density at radius 3 is 2.50 bits per heavy atom. The molecule has 1 aliphatic heterocycles. The first-order valence-electron chi connectivity index (χ1n) is 10.1. The normalized spacial score (nSPS) is 19.6. The van der Waals surface area contributed by atoms with Crippen LogP contribution in [0.3, 0.4) is 0 Å². The lowest BCUT2D eigenvalue weighted by atomic mass is 9.73. The van der Waals surface area contributed by atoms with Crippen molar-refractivity contribution in [2.75, 3.05) is 10.2 Å². The van der Waals surface area contributed by atoms with Crippen molar-refractivity contribution in [3.05, 3.63) is 68.8 Å². The number of ketones is 1. The van der Waals surface area contributed by atoms with E-state index in [0.29, 0.717) is 40.4 Å². The molecule has 0 spiro atoms. The summed E-state index contributed by atoms with van der Waals surface area (Å²) in [5, 5.41) is 13.9. The number of Topliss-reactive ketones (excluding diaryl/α,β-unsaturated/α-hetero) is 1. The Morgan fingerprint density at radius 1 is 1.16 bits per heavy atom. The summed E-state index contributed by atoms with van der Waals surface area (Å²) < 4.78 is 0. The molecular weight excluding hydrogens is 451 g/mol. The van der Waals surface area contributed by atoms with E-state index < -0.39 is 17.9 Å². The van der Waals surface area contributed by atoms with Crippen LogP contribution in [0.25, 0.3) is 0 Å². The molecular formula is C24H22Cl2N2O4. The highest BCUT2D eigenvalue weighted by Crippen LogP contribution is 2.50. The van der Waals surface area contributed by atoms with Crippen molar-refractivity contribution < 1.29 is 19.5 Å². The molecule has 6 nitrogen and oxygen atoms in total. The van der Waals surface area contributed by atoms with E-state index >= 15 is 0 Å². The number of allylic oxidation sites excluding steroid dienone is 1. The van der Waals surface area contributed by atoms with Gasteiger partial charge in [-0.1, -0.05) is 49.2 Å². The molecule has 1 aliphatic carbocycles. The molecule has 1 unspecified atom stereocenters. The predicted molar refractivity (Wildman–Crippen MR) is 124 cm³/mol. The third kappa shape index (κ3) is 3.78. The zero-order valence-electron chi connectivity index (χ0n) is 17.8. The van der Waals surface area contributed by atoms with Crippen molar-refractivity contribution in [1.82, 2.24) is 0 Å². The number of halogens is 2. The van der Waals surface area contributed by atoms with Crippen molar-refractivity contribution in [2.24, 2.45) is 5.41 Å². The number of aromatic carboxylic acids is 1. The molecule has 2 aromatic rings. The maximum atomic E-state index is 13.5. The van der Waals surface area contributed by atoms with Crippen molar-refractivity contribution >= 4 is 52.2 Å². The van der Waals surface area contributed by atoms with E-state index in [-0.39, 0.29) is 27.5 Å². The minimum absolute atomic E-state index is 0.0492. The predicted octanol–water partition coefficient (Wildman–Crippen LogP) is 5.85. The summed E-state index contributed by atoms with van der Waals surface area (Å²) in [6, 6.07) is 8.73. The molecule has 2 aliphatic rings. The van der Waals surface area contributed by atoms with Crippen LogP contribution in [-0.4, -0.2) is 22.8 Å². The zero-order valence-corrected chi connectivity index (χ0v) is 19.3. The molecule has 166 valence electrons. The van der Waals surface area contributed by atoms with Gasteiger partial charge < -0.3 is 10.4 Å². The molecule has 1 heterocycles. The number of benzene rings is 2. The second kappa shape index (κ2) is 7.94. The van der Waals surface area contributed by atoms with Gasteiger partial charge in [0, 0.05) is 34.7 Å². The van der Waals surface area contributed by atoms with Gasteiger partial charge in [0.2, 0.25) is 5.91 Å². The third-order valence-corrected chi connectivity index (χ3v) is 6.40. The molecule has 0 saturated heterocycles. The minimum atomic E-state index is -1.18. The van der Waals surface area contributed by atoms with Crippen LogP contribution in [0.15, 0.2) is 47.7 Å². The third-order valence-electron chi connectivity index (χ3n) is 5.84. The summed E-state index contributed by atoms with van der Waals surface area (Å²) in [5.74, 6) is -1.71. The standard InChI is InChI=1S/C24H22Cl2N2O4/c1-12(29)28-21-15(23(31)32)5-4-6-17(21)27-18-10-24(2,3)11-19(30)20(18)22(28)14-8-7-13(25)9-16(14)26/h4-9,22,27H,10-11H2,1-3H3,(H,31,32). The number of nitrogens with one attached hydrogen (secondary N) is 1. The molecule has 32 heavy (non-hydrogen) atoms. The van der Waals surface area contributed by atoms with Crippen molar-refractivity contribution in [2.45, 2.75) is 39.7 Å². The SMILES string of the molecule is CC(=O)N1c2c(cccc2C(=O)O)NC2=C(C(=O)CC(C)(C)C2)C1c1ccc(Cl)cc1Cl. The van der Waals surface area contributed by atoms with Crippen LogP contribution >= 0.6 is 23.2 Å². The molecule has 2 aromatic carbocycles. The lowest BCUT2D eigenvalue weighted by Gasteiger charge is -2.37.